The van der Waals surface area contributed by atoms with E-state index in [4.69, 9.17) is 4.43 Å². The van der Waals surface area contributed by atoms with Crippen LogP contribution in [0.4, 0.5) is 0 Å². The number of hydrogen-bond acceptors (Lipinski definition) is 5. The molecule has 1 aromatic rings. The second kappa shape index (κ2) is 14.0. The minimum absolute atomic E-state index is 0.0192. The van der Waals surface area contributed by atoms with Crippen LogP contribution in [0, 0.1) is 18.8 Å². The molecule has 1 aliphatic carbocycles. The van der Waals surface area contributed by atoms with Crippen LogP contribution in [0.15, 0.2) is 47.0 Å². The quantitative estimate of drug-likeness (QED) is 0.0995. The molecular weight excluding hydrogens is 552 g/mol. The molecule has 0 spiro atoms. The third-order valence-electron chi connectivity index (χ3n) is 7.23. The van der Waals surface area contributed by atoms with Crippen LogP contribution in [0.5, 0.6) is 0 Å². The van der Waals surface area contributed by atoms with Gasteiger partial charge in [0.25, 0.3) is 0 Å². The second-order valence-corrected chi connectivity index (χ2v) is 18.0. The number of carbonyl (C=O) groups is 2. The topological polar surface area (TPSA) is 52.6 Å². The van der Waals surface area contributed by atoms with Crippen LogP contribution in [-0.2, 0) is 25.2 Å². The molecule has 0 unspecified atom stereocenters. The van der Waals surface area contributed by atoms with E-state index in [1.54, 1.807) is 6.08 Å². The van der Waals surface area contributed by atoms with E-state index in [1.807, 2.05) is 17.4 Å². The Labute approximate surface area is 231 Å². The summed E-state index contributed by atoms with van der Waals surface area (Å²) in [5.74, 6) is 0.0214. The largest absolute Gasteiger partial charge is 0.469 e. The standard InChI is InChI=1S/C29H43BrO4SSi/c1-21-26(30)20-24(35-21)18-17-23(34-36(6,7)29(2,3)4)16-14-22-15-19-27(31)25(22)12-10-8-9-11-13-28(32)33-5/h8,10,14-16,19-20,22-23,25H,9,11-13,17-18H2,1-7H3/t22-,23+,25+/m0/s1. The molecular formula is C29H43BrO4SSi. The summed E-state index contributed by atoms with van der Waals surface area (Å²) in [5, 5.41) is 0.131. The summed E-state index contributed by atoms with van der Waals surface area (Å²) in [6.07, 6.45) is 16.9. The lowest BCUT2D eigenvalue weighted by Crippen LogP contribution is -2.43. The Hall–Kier alpha value is -1.28. The molecule has 0 bridgehead atoms. The second-order valence-electron chi connectivity index (χ2n) is 11.1. The van der Waals surface area contributed by atoms with Gasteiger partial charge in [-0.05, 0) is 85.2 Å². The number of rotatable bonds is 13. The van der Waals surface area contributed by atoms with Gasteiger partial charge in [0.15, 0.2) is 14.1 Å². The maximum absolute atomic E-state index is 12.5. The number of allylic oxidation sites excluding steroid dienone is 5. The van der Waals surface area contributed by atoms with E-state index in [1.165, 1.54) is 21.3 Å². The van der Waals surface area contributed by atoms with Gasteiger partial charge in [-0.1, -0.05) is 51.2 Å². The van der Waals surface area contributed by atoms with Crippen molar-refractivity contribution >= 4 is 47.3 Å². The van der Waals surface area contributed by atoms with Crippen molar-refractivity contribution in [1.82, 2.24) is 0 Å². The minimum Gasteiger partial charge on any atom is -0.469 e. The summed E-state index contributed by atoms with van der Waals surface area (Å²) in [7, 11) is -0.539. The molecule has 0 saturated heterocycles. The van der Waals surface area contributed by atoms with Crippen molar-refractivity contribution in [2.24, 2.45) is 11.8 Å². The van der Waals surface area contributed by atoms with Crippen LogP contribution in [0.3, 0.4) is 0 Å². The summed E-state index contributed by atoms with van der Waals surface area (Å²) >= 11 is 5.47. The van der Waals surface area contributed by atoms with Crippen molar-refractivity contribution in [2.45, 2.75) is 90.5 Å². The lowest BCUT2D eigenvalue weighted by Gasteiger charge is -2.38. The van der Waals surface area contributed by atoms with E-state index in [0.29, 0.717) is 12.8 Å². The third kappa shape index (κ3) is 9.55. The van der Waals surface area contributed by atoms with Gasteiger partial charge >= 0.3 is 5.97 Å². The van der Waals surface area contributed by atoms with Crippen molar-refractivity contribution in [1.29, 1.82) is 0 Å². The fraction of sp³-hybridized carbons (Fsp3) is 0.586. The van der Waals surface area contributed by atoms with Gasteiger partial charge in [0.05, 0.1) is 13.2 Å². The highest BCUT2D eigenvalue weighted by molar-refractivity contribution is 9.10. The molecule has 0 aliphatic heterocycles. The summed E-state index contributed by atoms with van der Waals surface area (Å²) in [4.78, 5) is 26.4. The van der Waals surface area contributed by atoms with Crippen molar-refractivity contribution in [3.63, 3.8) is 0 Å². The Morgan fingerprint density at radius 1 is 1.28 bits per heavy atom. The molecule has 1 aromatic heterocycles. The number of unbranched alkanes of at least 4 members (excludes halogenated alkanes) is 1. The SMILES string of the molecule is COC(=O)CCCC=CC[C@H]1C(=O)C=C[C@@H]1C=C[C@H](CCc1cc(Br)c(C)s1)O[Si](C)(C)C(C)(C)C. The highest BCUT2D eigenvalue weighted by atomic mass is 79.9. The Morgan fingerprint density at radius 2 is 2.00 bits per heavy atom. The van der Waals surface area contributed by atoms with Crippen molar-refractivity contribution in [2.75, 3.05) is 7.11 Å². The predicted molar refractivity (Wildman–Crippen MR) is 157 cm³/mol. The number of hydrogen-bond donors (Lipinski definition) is 0. The van der Waals surface area contributed by atoms with E-state index in [9.17, 15) is 9.59 Å². The average molecular weight is 596 g/mol. The maximum atomic E-state index is 12.5. The molecule has 200 valence electrons. The zero-order chi connectivity index (χ0) is 26.9. The van der Waals surface area contributed by atoms with E-state index >= 15 is 0 Å². The highest BCUT2D eigenvalue weighted by Gasteiger charge is 2.39. The normalized spacial score (nSPS) is 19.6. The molecule has 7 heteroatoms. The molecule has 0 aromatic carbocycles. The van der Waals surface area contributed by atoms with Gasteiger partial charge in [-0.25, -0.2) is 0 Å². The maximum Gasteiger partial charge on any atom is 0.305 e. The number of esters is 1. The van der Waals surface area contributed by atoms with Gasteiger partial charge in [0.1, 0.15) is 0 Å². The molecule has 0 amide bonds. The van der Waals surface area contributed by atoms with Crippen molar-refractivity contribution in [3.05, 3.63) is 56.7 Å². The highest BCUT2D eigenvalue weighted by Crippen LogP contribution is 2.38. The lowest BCUT2D eigenvalue weighted by atomic mass is 9.90. The van der Waals surface area contributed by atoms with Crippen LogP contribution >= 0.6 is 27.3 Å². The monoisotopic (exact) mass is 594 g/mol. The summed E-state index contributed by atoms with van der Waals surface area (Å²) < 4.78 is 12.7. The number of methoxy groups -OCH3 is 1. The first-order valence-electron chi connectivity index (χ1n) is 12.9. The van der Waals surface area contributed by atoms with Gasteiger partial charge in [-0.2, -0.15) is 0 Å². The molecule has 2 rings (SSSR count). The molecule has 1 aliphatic rings. The van der Waals surface area contributed by atoms with Gasteiger partial charge in [-0.3, -0.25) is 9.59 Å². The number of ether oxygens (including phenoxy) is 1. The van der Waals surface area contributed by atoms with Crippen molar-refractivity contribution in [3.8, 4) is 0 Å². The number of halogens is 1. The van der Waals surface area contributed by atoms with Gasteiger partial charge in [0, 0.05) is 32.5 Å². The molecule has 4 nitrogen and oxygen atoms in total. The van der Waals surface area contributed by atoms with Crippen LogP contribution in [0.25, 0.3) is 0 Å². The van der Waals surface area contributed by atoms with Crippen LogP contribution in [0.2, 0.25) is 18.1 Å². The van der Waals surface area contributed by atoms with E-state index in [0.717, 1.165) is 25.7 Å². The molecule has 3 atom stereocenters. The Bertz CT molecular complexity index is 951. The molecule has 0 fully saturated rings. The van der Waals surface area contributed by atoms with Crippen molar-refractivity contribution < 1.29 is 18.8 Å². The Morgan fingerprint density at radius 3 is 2.61 bits per heavy atom. The average Bonchev–Trinajstić information content (AvgIpc) is 3.31. The van der Waals surface area contributed by atoms with E-state index in [-0.39, 0.29) is 34.7 Å². The Balaban J connectivity index is 2.05. The Kier molecular flexibility index (Phi) is 12.1. The number of thiophene rings is 1. The lowest BCUT2D eigenvalue weighted by molar-refractivity contribution is -0.140. The number of carbonyl (C=O) groups excluding carboxylic acids is 2. The predicted octanol–water partition coefficient (Wildman–Crippen LogP) is 8.36. The molecule has 0 N–H and O–H groups in total. The van der Waals surface area contributed by atoms with Crippen LogP contribution < -0.4 is 0 Å². The van der Waals surface area contributed by atoms with Crippen LogP contribution in [-0.4, -0.2) is 33.3 Å². The number of aryl methyl sites for hydroxylation is 2. The molecule has 0 saturated carbocycles. The van der Waals surface area contributed by atoms with Gasteiger partial charge in [-0.15, -0.1) is 11.3 Å². The van der Waals surface area contributed by atoms with Gasteiger partial charge in [0.2, 0.25) is 0 Å². The molecule has 1 heterocycles. The first-order valence-corrected chi connectivity index (χ1v) is 17.4. The summed E-state index contributed by atoms with van der Waals surface area (Å²) in [5.41, 5.74) is 0. The number of ketones is 1. The fourth-order valence-corrected chi connectivity index (χ4v) is 6.80. The zero-order valence-corrected chi connectivity index (χ0v) is 26.3. The third-order valence-corrected chi connectivity index (χ3v) is 13.9. The molecule has 0 radical (unpaired) electrons. The smallest absolute Gasteiger partial charge is 0.305 e. The first-order chi connectivity index (χ1) is 16.8. The fourth-order valence-electron chi connectivity index (χ4n) is 3.88. The van der Waals surface area contributed by atoms with E-state index < -0.39 is 8.32 Å². The minimum atomic E-state index is -1.95. The summed E-state index contributed by atoms with van der Waals surface area (Å²) in [6, 6.07) is 2.22. The molecule has 36 heavy (non-hydrogen) atoms. The van der Waals surface area contributed by atoms with Gasteiger partial charge < -0.3 is 9.16 Å². The van der Waals surface area contributed by atoms with Crippen LogP contribution in [0.1, 0.15) is 62.6 Å². The first kappa shape index (κ1) is 30.9. The van der Waals surface area contributed by atoms with E-state index in [2.05, 4.69) is 91.8 Å². The summed E-state index contributed by atoms with van der Waals surface area (Å²) in [6.45, 7) is 13.5. The zero-order valence-electron chi connectivity index (χ0n) is 22.9.